The van der Waals surface area contributed by atoms with E-state index in [2.05, 4.69) is 0 Å². The zero-order valence-electron chi connectivity index (χ0n) is 33.7. The van der Waals surface area contributed by atoms with Gasteiger partial charge in [0.15, 0.2) is 12.4 Å². The molecule has 21 nitrogen and oxygen atoms in total. The standard InChI is InChI=1S/C42H50O21/c1-18(45)55-15-20-8-9-21-23(16-56-38(27(20)21)61-40-34(52)32(50)30(48)24(13-43)58-40)37(53)60-35-33(51)31(49)25(14-44)59-41(35)62-39-28-22(11-12-54-39)29(47)36-42(28,63-36)17-57-26(46)10-7-19-5-3-2-4-6-19/h2-7,10-12,16,21-22,24-25,28-36,38-41,43-44,47-52H,8-9,13-15,17H2,1H3/b10-7+/t21-,22-,24-,25-,28-,29+,30-,31-,32+,33+,34-,35-,36+,38+,39+,40+,41+,42-/m1/s1. The minimum Gasteiger partial charge on any atom is -0.472 e. The highest BCUT2D eigenvalue weighted by molar-refractivity contribution is 5.90. The minimum absolute atomic E-state index is 0.117. The highest BCUT2D eigenvalue weighted by Crippen LogP contribution is 2.60. The molecule has 21 heteroatoms. The van der Waals surface area contributed by atoms with Gasteiger partial charge < -0.3 is 88.2 Å². The minimum atomic E-state index is -1.91. The van der Waals surface area contributed by atoms with Crippen molar-refractivity contribution in [2.75, 3.05) is 26.4 Å². The fourth-order valence-electron chi connectivity index (χ4n) is 9.17. The van der Waals surface area contributed by atoms with Crippen LogP contribution in [0.1, 0.15) is 25.3 Å². The Labute approximate surface area is 359 Å². The van der Waals surface area contributed by atoms with Crippen molar-refractivity contribution in [3.05, 3.63) is 77.3 Å². The molecule has 0 spiro atoms. The molecule has 8 N–H and O–H groups in total. The van der Waals surface area contributed by atoms with E-state index in [4.69, 9.17) is 47.4 Å². The number of hydrogen-bond acceptors (Lipinski definition) is 21. The summed E-state index contributed by atoms with van der Waals surface area (Å²) in [6.07, 6.45) is -14.2. The first-order chi connectivity index (χ1) is 30.3. The molecule has 63 heavy (non-hydrogen) atoms. The molecular formula is C42H50O21. The smallest absolute Gasteiger partial charge is 0.338 e. The number of esters is 3. The number of carbonyl (C=O) groups is 3. The highest BCUT2D eigenvalue weighted by atomic mass is 16.8. The number of aliphatic hydroxyl groups is 8. The van der Waals surface area contributed by atoms with Crippen LogP contribution in [0.25, 0.3) is 6.08 Å². The van der Waals surface area contributed by atoms with E-state index in [0.717, 1.165) is 11.8 Å². The first kappa shape index (κ1) is 45.2. The van der Waals surface area contributed by atoms with Crippen LogP contribution < -0.4 is 0 Å². The topological polar surface area (TPSA) is 309 Å². The maximum atomic E-state index is 14.2. The summed E-state index contributed by atoms with van der Waals surface area (Å²) >= 11 is 0. The van der Waals surface area contributed by atoms with E-state index in [0.29, 0.717) is 5.57 Å². The molecule has 0 radical (unpaired) electrons. The van der Waals surface area contributed by atoms with Crippen LogP contribution in [-0.4, -0.2) is 177 Å². The molecule has 4 fully saturated rings. The van der Waals surface area contributed by atoms with Crippen LogP contribution in [0.15, 0.2) is 71.7 Å². The van der Waals surface area contributed by atoms with Gasteiger partial charge in [0.25, 0.3) is 0 Å². The van der Waals surface area contributed by atoms with Gasteiger partial charge in [-0.25, -0.2) is 9.59 Å². The molecule has 344 valence electrons. The largest absolute Gasteiger partial charge is 0.472 e. The summed E-state index contributed by atoms with van der Waals surface area (Å²) < 4.78 is 57.8. The predicted octanol–water partition coefficient (Wildman–Crippen LogP) is -2.45. The van der Waals surface area contributed by atoms with Crippen LogP contribution in [0.3, 0.4) is 0 Å². The van der Waals surface area contributed by atoms with E-state index >= 15 is 0 Å². The van der Waals surface area contributed by atoms with Gasteiger partial charge in [-0.3, -0.25) is 4.79 Å². The number of rotatable bonds is 14. The van der Waals surface area contributed by atoms with Gasteiger partial charge in [-0.1, -0.05) is 30.3 Å². The molecule has 18 atom stereocenters. The SMILES string of the molecule is CC(=O)OCC1=C2[C@H](O[C@@H]3O[C@H](CO)[C@@H](O)[C@H](O)[C@H]3O)OC=C(C(=O)O[C@H]3[C@H](O[C@@H]4OC=C[C@H]5[C@H](O)[C@@H]6O[C@]6(COC(=O)/C=C/c6ccccc6)[C@@H]45)O[C@H](CO)[C@@H](O)[C@@H]3O)[C@H]2CC1. The van der Waals surface area contributed by atoms with Crippen molar-refractivity contribution in [3.63, 3.8) is 0 Å². The molecule has 0 unspecified atom stereocenters. The summed E-state index contributed by atoms with van der Waals surface area (Å²) in [7, 11) is 0. The van der Waals surface area contributed by atoms with Crippen LogP contribution in [0.5, 0.6) is 0 Å². The van der Waals surface area contributed by atoms with Crippen molar-refractivity contribution in [2.24, 2.45) is 17.8 Å². The average molecular weight is 891 g/mol. The van der Waals surface area contributed by atoms with Crippen molar-refractivity contribution >= 4 is 24.0 Å². The molecule has 2 aliphatic carbocycles. The highest BCUT2D eigenvalue weighted by Gasteiger charge is 2.76. The molecule has 5 heterocycles. The Hall–Kier alpha value is -4.33. The Balaban J connectivity index is 1.01. The molecule has 5 aliphatic heterocycles. The lowest BCUT2D eigenvalue weighted by molar-refractivity contribution is -0.345. The fourth-order valence-corrected chi connectivity index (χ4v) is 9.17. The number of ether oxygens (including phenoxy) is 10. The third-order valence-electron chi connectivity index (χ3n) is 12.5. The number of hydrogen-bond donors (Lipinski definition) is 8. The van der Waals surface area contributed by atoms with Gasteiger partial charge in [0.1, 0.15) is 67.6 Å². The molecule has 1 aromatic carbocycles. The molecule has 0 aromatic heterocycles. The van der Waals surface area contributed by atoms with Crippen LogP contribution in [0.2, 0.25) is 0 Å². The van der Waals surface area contributed by atoms with Crippen LogP contribution in [0.4, 0.5) is 0 Å². The molecule has 1 aromatic rings. The number of carbonyl (C=O) groups excluding carboxylic acids is 3. The number of aliphatic hydroxyl groups excluding tert-OH is 8. The molecule has 7 aliphatic rings. The van der Waals surface area contributed by atoms with E-state index in [-0.39, 0.29) is 37.2 Å². The molecule has 8 rings (SSSR count). The predicted molar refractivity (Wildman–Crippen MR) is 204 cm³/mol. The van der Waals surface area contributed by atoms with Crippen molar-refractivity contribution in [1.29, 1.82) is 0 Å². The van der Waals surface area contributed by atoms with Crippen molar-refractivity contribution in [3.8, 4) is 0 Å². The average Bonchev–Trinajstić information content (AvgIpc) is 3.77. The first-order valence-corrected chi connectivity index (χ1v) is 20.5. The van der Waals surface area contributed by atoms with E-state index in [1.54, 1.807) is 24.3 Å². The van der Waals surface area contributed by atoms with Crippen molar-refractivity contribution in [1.82, 2.24) is 0 Å². The van der Waals surface area contributed by atoms with Crippen LogP contribution >= 0.6 is 0 Å². The molecule has 0 bridgehead atoms. The van der Waals surface area contributed by atoms with E-state index in [1.165, 1.54) is 19.3 Å². The number of fused-ring (bicyclic) bond motifs is 4. The third-order valence-corrected chi connectivity index (χ3v) is 12.5. The van der Waals surface area contributed by atoms with Crippen LogP contribution in [0, 0.1) is 17.8 Å². The Kier molecular flexibility index (Phi) is 13.4. The Bertz CT molecular complexity index is 1970. The van der Waals surface area contributed by atoms with Gasteiger partial charge in [0.05, 0.1) is 43.3 Å². The second-order valence-corrected chi connectivity index (χ2v) is 16.3. The van der Waals surface area contributed by atoms with Gasteiger partial charge in [0.2, 0.25) is 18.9 Å². The van der Waals surface area contributed by atoms with Crippen molar-refractivity contribution < 1.29 is 103 Å². The zero-order chi connectivity index (χ0) is 44.7. The lowest BCUT2D eigenvalue weighted by Gasteiger charge is -2.44. The van der Waals surface area contributed by atoms with Gasteiger partial charge in [-0.05, 0) is 36.1 Å². The summed E-state index contributed by atoms with van der Waals surface area (Å²) in [4.78, 5) is 38.7. The van der Waals surface area contributed by atoms with Gasteiger partial charge >= 0.3 is 17.9 Å². The number of epoxide rings is 1. The summed E-state index contributed by atoms with van der Waals surface area (Å²) in [5.74, 6) is -4.69. The third kappa shape index (κ3) is 8.78. The molecule has 1 saturated carbocycles. The van der Waals surface area contributed by atoms with Crippen LogP contribution in [-0.2, 0) is 61.8 Å². The Morgan fingerprint density at radius 1 is 0.825 bits per heavy atom. The van der Waals surface area contributed by atoms with Crippen molar-refractivity contribution in [2.45, 2.75) is 112 Å². The second kappa shape index (κ2) is 18.6. The summed E-state index contributed by atoms with van der Waals surface area (Å²) in [5, 5.41) is 84.5. The lowest BCUT2D eigenvalue weighted by atomic mass is 9.85. The van der Waals surface area contributed by atoms with Gasteiger partial charge in [0, 0.05) is 30.4 Å². The Morgan fingerprint density at radius 2 is 1.54 bits per heavy atom. The molecule has 3 saturated heterocycles. The van der Waals surface area contributed by atoms with E-state index in [1.807, 2.05) is 18.2 Å². The Morgan fingerprint density at radius 3 is 2.25 bits per heavy atom. The summed E-state index contributed by atoms with van der Waals surface area (Å²) in [6.45, 7) is -0.849. The molecular weight excluding hydrogens is 840 g/mol. The zero-order valence-corrected chi connectivity index (χ0v) is 33.7. The molecule has 0 amide bonds. The fraction of sp³-hybridized carbons (Fsp3) is 0.595. The first-order valence-electron chi connectivity index (χ1n) is 20.5. The maximum Gasteiger partial charge on any atom is 0.338 e. The van der Waals surface area contributed by atoms with Gasteiger partial charge in [-0.2, -0.15) is 0 Å². The summed E-state index contributed by atoms with van der Waals surface area (Å²) in [5.41, 5.74) is 0.133. The monoisotopic (exact) mass is 890 g/mol. The summed E-state index contributed by atoms with van der Waals surface area (Å²) in [6, 6.07) is 9.06. The van der Waals surface area contributed by atoms with E-state index in [9.17, 15) is 55.2 Å². The maximum absolute atomic E-state index is 14.2. The number of benzene rings is 1. The second-order valence-electron chi connectivity index (χ2n) is 16.3. The van der Waals surface area contributed by atoms with E-state index < -0.39 is 141 Å². The lowest BCUT2D eigenvalue weighted by Crippen LogP contribution is -2.62. The van der Waals surface area contributed by atoms with Gasteiger partial charge in [-0.15, -0.1) is 0 Å². The quantitative estimate of drug-likeness (QED) is 0.0316. The normalized spacial score (nSPS) is 41.4.